The van der Waals surface area contributed by atoms with Gasteiger partial charge in [-0.2, -0.15) is 0 Å². The molecule has 0 radical (unpaired) electrons. The first kappa shape index (κ1) is 12.8. The van der Waals surface area contributed by atoms with Crippen LogP contribution in [0.25, 0.3) is 6.08 Å². The third-order valence-corrected chi connectivity index (χ3v) is 5.71. The molecule has 1 N–H and O–H groups in total. The van der Waals surface area contributed by atoms with Gasteiger partial charge in [0.15, 0.2) is 0 Å². The summed E-state index contributed by atoms with van der Waals surface area (Å²) < 4.78 is 25.2. The molecule has 0 spiro atoms. The topological polar surface area (TPSA) is 46.2 Å². The van der Waals surface area contributed by atoms with Crippen LogP contribution in [0.1, 0.15) is 18.4 Å². The molecule has 0 unspecified atom stereocenters. The minimum Gasteiger partial charge on any atom is -0.320 e. The van der Waals surface area contributed by atoms with Crippen LogP contribution in [0.15, 0.2) is 32.5 Å². The zero-order valence-electron chi connectivity index (χ0n) is 9.53. The number of benzene rings is 1. The normalized spacial score (nSPS) is 16.7. The number of allylic oxidation sites excluding steroid dienone is 1. The molecule has 3 nitrogen and oxygen atoms in total. The Morgan fingerprint density at radius 2 is 2.12 bits per heavy atom. The third kappa shape index (κ3) is 2.32. The Morgan fingerprint density at radius 3 is 2.76 bits per heavy atom. The van der Waals surface area contributed by atoms with Gasteiger partial charge < -0.3 is 5.32 Å². The second-order valence-electron chi connectivity index (χ2n) is 3.98. The Kier molecular flexibility index (Phi) is 3.70. The highest BCUT2D eigenvalue weighted by atomic mass is 79.9. The van der Waals surface area contributed by atoms with Gasteiger partial charge in [-0.1, -0.05) is 12.1 Å². The fourth-order valence-corrected chi connectivity index (χ4v) is 4.69. The van der Waals surface area contributed by atoms with Crippen LogP contribution in [0.2, 0.25) is 0 Å². The monoisotopic (exact) mass is 315 g/mol. The Hall–Kier alpha value is -0.650. The maximum Gasteiger partial charge on any atom is 0.204 e. The van der Waals surface area contributed by atoms with E-state index in [1.165, 1.54) is 0 Å². The molecule has 0 atom stereocenters. The molecule has 1 aliphatic heterocycles. The zero-order chi connectivity index (χ0) is 12.5. The molecular weight excluding hydrogens is 302 g/mol. The highest BCUT2D eigenvalue weighted by molar-refractivity contribution is 9.10. The van der Waals surface area contributed by atoms with Gasteiger partial charge in [0.05, 0.1) is 4.90 Å². The second kappa shape index (κ2) is 4.92. The fourth-order valence-electron chi connectivity index (χ4n) is 1.95. The van der Waals surface area contributed by atoms with Crippen molar-refractivity contribution in [3.63, 3.8) is 0 Å². The standard InChI is InChI=1S/C12H14BrNO2S/c1-14-7-3-5-10-8-9-4-2-6-11(13)12(9)17(10,15)16/h2,4,6,8,14H,3,5,7H2,1H3. The van der Waals surface area contributed by atoms with Crippen molar-refractivity contribution in [3.05, 3.63) is 33.1 Å². The fraction of sp³-hybridized carbons (Fsp3) is 0.333. The lowest BCUT2D eigenvalue weighted by Gasteiger charge is -2.05. The van der Waals surface area contributed by atoms with Crippen molar-refractivity contribution < 1.29 is 8.42 Å². The summed E-state index contributed by atoms with van der Waals surface area (Å²) >= 11 is 3.31. The molecule has 5 heteroatoms. The maximum absolute atomic E-state index is 12.3. The SMILES string of the molecule is CNCCCC1=Cc2cccc(Br)c2S1(=O)=O. The Bertz CT molecular complexity index is 564. The quantitative estimate of drug-likeness (QED) is 0.869. The van der Waals surface area contributed by atoms with Crippen LogP contribution in [-0.4, -0.2) is 22.0 Å². The molecule has 1 aliphatic rings. The van der Waals surface area contributed by atoms with Crippen molar-refractivity contribution in [1.82, 2.24) is 5.32 Å². The van der Waals surface area contributed by atoms with Gasteiger partial charge >= 0.3 is 0 Å². The first-order valence-electron chi connectivity index (χ1n) is 5.46. The summed E-state index contributed by atoms with van der Waals surface area (Å²) in [5, 5.41) is 3.02. The third-order valence-electron chi connectivity index (χ3n) is 2.78. The smallest absolute Gasteiger partial charge is 0.204 e. The number of hydrogen-bond donors (Lipinski definition) is 1. The number of rotatable bonds is 4. The molecule has 1 aromatic carbocycles. The molecule has 0 bridgehead atoms. The Labute approximate surface area is 110 Å². The Morgan fingerprint density at radius 1 is 1.35 bits per heavy atom. The molecule has 1 heterocycles. The van der Waals surface area contributed by atoms with Crippen LogP contribution in [0.5, 0.6) is 0 Å². The van der Waals surface area contributed by atoms with Crippen molar-refractivity contribution >= 4 is 31.8 Å². The largest absolute Gasteiger partial charge is 0.320 e. The van der Waals surface area contributed by atoms with Crippen molar-refractivity contribution in [1.29, 1.82) is 0 Å². The molecule has 2 rings (SSSR count). The van der Waals surface area contributed by atoms with Gasteiger partial charge in [0.25, 0.3) is 0 Å². The zero-order valence-corrected chi connectivity index (χ0v) is 11.9. The number of halogens is 1. The van der Waals surface area contributed by atoms with Crippen LogP contribution in [-0.2, 0) is 9.84 Å². The predicted molar refractivity (Wildman–Crippen MR) is 72.5 cm³/mol. The van der Waals surface area contributed by atoms with Crippen LogP contribution >= 0.6 is 15.9 Å². The first-order valence-corrected chi connectivity index (χ1v) is 7.74. The molecule has 92 valence electrons. The van der Waals surface area contributed by atoms with E-state index in [1.54, 1.807) is 12.1 Å². The van der Waals surface area contributed by atoms with Crippen LogP contribution < -0.4 is 5.32 Å². The van der Waals surface area contributed by atoms with Crippen molar-refractivity contribution in [2.45, 2.75) is 17.7 Å². The second-order valence-corrected chi connectivity index (χ2v) is 6.77. The summed E-state index contributed by atoms with van der Waals surface area (Å²) in [6, 6.07) is 5.45. The van der Waals surface area contributed by atoms with Crippen LogP contribution in [0.4, 0.5) is 0 Å². The molecule has 0 fully saturated rings. The molecular formula is C12H14BrNO2S. The van der Waals surface area contributed by atoms with E-state index >= 15 is 0 Å². The first-order chi connectivity index (χ1) is 8.07. The number of sulfone groups is 1. The molecule has 0 saturated carbocycles. The molecule has 0 aliphatic carbocycles. The van der Waals surface area contributed by atoms with Gasteiger partial charge in [-0.05, 0) is 60.1 Å². The van der Waals surface area contributed by atoms with E-state index in [0.717, 1.165) is 18.5 Å². The summed E-state index contributed by atoms with van der Waals surface area (Å²) in [4.78, 5) is 0.939. The molecule has 17 heavy (non-hydrogen) atoms. The summed E-state index contributed by atoms with van der Waals surface area (Å²) in [6.45, 7) is 0.824. The molecule has 0 saturated heterocycles. The molecule has 0 aromatic heterocycles. The van der Waals surface area contributed by atoms with Gasteiger partial charge in [0.2, 0.25) is 9.84 Å². The van der Waals surface area contributed by atoms with Gasteiger partial charge in [-0.25, -0.2) is 8.42 Å². The number of fused-ring (bicyclic) bond motifs is 1. The average Bonchev–Trinajstić information content (AvgIpc) is 2.52. The molecule has 1 aromatic rings. The average molecular weight is 316 g/mol. The number of hydrogen-bond acceptors (Lipinski definition) is 3. The van der Waals surface area contributed by atoms with E-state index in [2.05, 4.69) is 21.2 Å². The lowest BCUT2D eigenvalue weighted by molar-refractivity contribution is 0.599. The van der Waals surface area contributed by atoms with Crippen molar-refractivity contribution in [3.8, 4) is 0 Å². The van der Waals surface area contributed by atoms with E-state index in [1.807, 2.05) is 19.2 Å². The Balaban J connectivity index is 2.33. The van der Waals surface area contributed by atoms with E-state index in [-0.39, 0.29) is 0 Å². The predicted octanol–water partition coefficient (Wildman–Crippen LogP) is 2.58. The summed E-state index contributed by atoms with van der Waals surface area (Å²) in [6.07, 6.45) is 3.20. The maximum atomic E-state index is 12.3. The van der Waals surface area contributed by atoms with Crippen LogP contribution in [0, 0.1) is 0 Å². The minimum atomic E-state index is -3.27. The highest BCUT2D eigenvalue weighted by Crippen LogP contribution is 2.39. The summed E-state index contributed by atoms with van der Waals surface area (Å²) in [7, 11) is -1.41. The van der Waals surface area contributed by atoms with E-state index in [9.17, 15) is 8.42 Å². The van der Waals surface area contributed by atoms with Gasteiger partial charge in [-0.3, -0.25) is 0 Å². The van der Waals surface area contributed by atoms with Gasteiger partial charge in [0.1, 0.15) is 0 Å². The lowest BCUT2D eigenvalue weighted by atomic mass is 10.2. The van der Waals surface area contributed by atoms with E-state index < -0.39 is 9.84 Å². The summed E-state index contributed by atoms with van der Waals surface area (Å²) in [5.74, 6) is 0. The van der Waals surface area contributed by atoms with Crippen LogP contribution in [0.3, 0.4) is 0 Å². The highest BCUT2D eigenvalue weighted by Gasteiger charge is 2.30. The summed E-state index contributed by atoms with van der Waals surface area (Å²) in [5.41, 5.74) is 0.791. The van der Waals surface area contributed by atoms with E-state index in [4.69, 9.17) is 0 Å². The van der Waals surface area contributed by atoms with Gasteiger partial charge in [0, 0.05) is 9.38 Å². The molecule has 0 amide bonds. The van der Waals surface area contributed by atoms with Gasteiger partial charge in [-0.15, -0.1) is 0 Å². The van der Waals surface area contributed by atoms with Crippen molar-refractivity contribution in [2.24, 2.45) is 0 Å². The van der Waals surface area contributed by atoms with Crippen molar-refractivity contribution in [2.75, 3.05) is 13.6 Å². The minimum absolute atomic E-state index is 0.416. The number of nitrogens with one attached hydrogen (secondary N) is 1. The van der Waals surface area contributed by atoms with E-state index in [0.29, 0.717) is 20.7 Å². The lowest BCUT2D eigenvalue weighted by Crippen LogP contribution is -2.09.